The predicted octanol–water partition coefficient (Wildman–Crippen LogP) is 2.26. The van der Waals surface area contributed by atoms with Crippen LogP contribution in [0.1, 0.15) is 18.1 Å². The van der Waals surface area contributed by atoms with E-state index >= 15 is 0 Å². The number of halogens is 1. The van der Waals surface area contributed by atoms with Crippen LogP contribution in [0.25, 0.3) is 0 Å². The van der Waals surface area contributed by atoms with Gasteiger partial charge < -0.3 is 9.84 Å². The number of hydrogen-bond acceptors (Lipinski definition) is 2. The van der Waals surface area contributed by atoms with Gasteiger partial charge in [0, 0.05) is 6.42 Å². The van der Waals surface area contributed by atoms with Crippen LogP contribution in [0.5, 0.6) is 5.75 Å². The Hall–Kier alpha value is -0.540. The minimum atomic E-state index is 0.0836. The smallest absolute Gasteiger partial charge is 0.137 e. The van der Waals surface area contributed by atoms with Crippen molar-refractivity contribution in [1.82, 2.24) is 0 Å². The van der Waals surface area contributed by atoms with Crippen LogP contribution in [0.15, 0.2) is 16.6 Å². The molecule has 0 saturated heterocycles. The average molecular weight is 243 g/mol. The summed E-state index contributed by atoms with van der Waals surface area (Å²) in [6.07, 6.45) is 1.18. The van der Waals surface area contributed by atoms with Crippen molar-refractivity contribution in [3.63, 3.8) is 0 Å². The Morgan fingerprint density at radius 2 is 2.38 bits per heavy atom. The van der Waals surface area contributed by atoms with Crippen molar-refractivity contribution < 1.29 is 9.84 Å². The average Bonchev–Trinajstić information content (AvgIpc) is 2.46. The number of ether oxygens (including phenoxy) is 1. The molecular weight excluding hydrogens is 232 g/mol. The lowest BCUT2D eigenvalue weighted by Gasteiger charge is -2.05. The van der Waals surface area contributed by atoms with Crippen molar-refractivity contribution in [3.8, 4) is 5.75 Å². The summed E-state index contributed by atoms with van der Waals surface area (Å²) in [6, 6.07) is 3.90. The van der Waals surface area contributed by atoms with Crippen LogP contribution < -0.4 is 4.74 Å². The number of fused-ring (bicyclic) bond motifs is 1. The van der Waals surface area contributed by atoms with Gasteiger partial charge in [-0.1, -0.05) is 0 Å². The summed E-state index contributed by atoms with van der Waals surface area (Å²) < 4.78 is 6.55. The molecule has 0 radical (unpaired) electrons. The molecule has 1 N–H and O–H groups in total. The molecule has 0 aliphatic carbocycles. The number of benzene rings is 1. The molecular formula is C10H11BrO2. The van der Waals surface area contributed by atoms with E-state index in [0.717, 1.165) is 22.2 Å². The van der Waals surface area contributed by atoms with E-state index in [9.17, 15) is 0 Å². The largest absolute Gasteiger partial charge is 0.489 e. The minimum Gasteiger partial charge on any atom is -0.489 e. The van der Waals surface area contributed by atoms with Crippen molar-refractivity contribution in [3.05, 3.63) is 27.7 Å². The van der Waals surface area contributed by atoms with Gasteiger partial charge in [0.25, 0.3) is 0 Å². The van der Waals surface area contributed by atoms with Gasteiger partial charge >= 0.3 is 0 Å². The van der Waals surface area contributed by atoms with Gasteiger partial charge in [0.15, 0.2) is 0 Å². The predicted molar refractivity (Wildman–Crippen MR) is 53.9 cm³/mol. The summed E-state index contributed by atoms with van der Waals surface area (Å²) in [7, 11) is 0. The molecule has 1 unspecified atom stereocenters. The van der Waals surface area contributed by atoms with E-state index in [1.54, 1.807) is 0 Å². The lowest BCUT2D eigenvalue weighted by atomic mass is 10.1. The van der Waals surface area contributed by atoms with Crippen molar-refractivity contribution in [2.45, 2.75) is 26.1 Å². The van der Waals surface area contributed by atoms with Crippen LogP contribution in [-0.2, 0) is 13.0 Å². The van der Waals surface area contributed by atoms with Crippen molar-refractivity contribution >= 4 is 15.9 Å². The third-order valence-electron chi connectivity index (χ3n) is 2.19. The fraction of sp³-hybridized carbons (Fsp3) is 0.400. The number of rotatable bonds is 1. The summed E-state index contributed by atoms with van der Waals surface area (Å²) in [4.78, 5) is 0. The number of aliphatic hydroxyl groups excluding tert-OH is 1. The minimum absolute atomic E-state index is 0.0836. The lowest BCUT2D eigenvalue weighted by Crippen LogP contribution is -2.05. The summed E-state index contributed by atoms with van der Waals surface area (Å²) in [5.74, 6) is 0.935. The highest BCUT2D eigenvalue weighted by molar-refractivity contribution is 9.10. The summed E-state index contributed by atoms with van der Waals surface area (Å²) in [5.41, 5.74) is 2.12. The maximum atomic E-state index is 9.00. The first-order valence-electron chi connectivity index (χ1n) is 4.29. The standard InChI is InChI=1S/C10H11BrO2/c1-6-2-8-3-7(5-12)4-9(11)10(8)13-6/h3-4,6,12H,2,5H2,1H3. The fourth-order valence-electron chi connectivity index (χ4n) is 1.64. The molecule has 0 saturated carbocycles. The summed E-state index contributed by atoms with van der Waals surface area (Å²) >= 11 is 3.43. The Morgan fingerprint density at radius 3 is 3.08 bits per heavy atom. The molecule has 2 nitrogen and oxygen atoms in total. The van der Waals surface area contributed by atoms with Crippen molar-refractivity contribution in [2.75, 3.05) is 0 Å². The molecule has 1 aliphatic heterocycles. The van der Waals surface area contributed by atoms with Crippen LogP contribution in [0.3, 0.4) is 0 Å². The molecule has 1 aromatic rings. The number of hydrogen-bond donors (Lipinski definition) is 1. The first-order valence-corrected chi connectivity index (χ1v) is 5.09. The summed E-state index contributed by atoms with van der Waals surface area (Å²) in [6.45, 7) is 2.13. The molecule has 0 amide bonds. The van der Waals surface area contributed by atoms with Crippen molar-refractivity contribution in [1.29, 1.82) is 0 Å². The van der Waals surface area contributed by atoms with Crippen LogP contribution in [0.2, 0.25) is 0 Å². The summed E-state index contributed by atoms with van der Waals surface area (Å²) in [5, 5.41) is 9.00. The third-order valence-corrected chi connectivity index (χ3v) is 2.78. The highest BCUT2D eigenvalue weighted by Crippen LogP contribution is 2.37. The molecule has 3 heteroatoms. The molecule has 70 valence electrons. The van der Waals surface area contributed by atoms with Crippen LogP contribution >= 0.6 is 15.9 Å². The van der Waals surface area contributed by atoms with E-state index < -0.39 is 0 Å². The zero-order chi connectivity index (χ0) is 9.42. The van der Waals surface area contributed by atoms with Gasteiger partial charge in [-0.2, -0.15) is 0 Å². The first kappa shape index (κ1) is 9.03. The highest BCUT2D eigenvalue weighted by atomic mass is 79.9. The highest BCUT2D eigenvalue weighted by Gasteiger charge is 2.21. The van der Waals surface area contributed by atoms with Gasteiger partial charge in [0.05, 0.1) is 11.1 Å². The fourth-order valence-corrected chi connectivity index (χ4v) is 2.28. The van der Waals surface area contributed by atoms with Crippen LogP contribution in [-0.4, -0.2) is 11.2 Å². The zero-order valence-electron chi connectivity index (χ0n) is 7.38. The molecule has 13 heavy (non-hydrogen) atoms. The van der Waals surface area contributed by atoms with Gasteiger partial charge in [0.1, 0.15) is 11.9 Å². The molecule has 1 atom stereocenters. The zero-order valence-corrected chi connectivity index (χ0v) is 8.97. The molecule has 1 aliphatic rings. The lowest BCUT2D eigenvalue weighted by molar-refractivity contribution is 0.253. The van der Waals surface area contributed by atoms with Crippen LogP contribution in [0, 0.1) is 0 Å². The Kier molecular flexibility index (Phi) is 2.30. The van der Waals surface area contributed by atoms with Gasteiger partial charge in [-0.25, -0.2) is 0 Å². The molecule has 1 heterocycles. The Morgan fingerprint density at radius 1 is 1.62 bits per heavy atom. The number of aliphatic hydroxyl groups is 1. The third kappa shape index (κ3) is 1.58. The second-order valence-corrected chi connectivity index (χ2v) is 4.21. The van der Waals surface area contributed by atoms with Crippen molar-refractivity contribution in [2.24, 2.45) is 0 Å². The van der Waals surface area contributed by atoms with E-state index in [-0.39, 0.29) is 12.7 Å². The SMILES string of the molecule is CC1Cc2cc(CO)cc(Br)c2O1. The Labute approximate surface area is 85.7 Å². The van der Waals surface area contributed by atoms with Gasteiger partial charge in [-0.05, 0) is 46.1 Å². The quantitative estimate of drug-likeness (QED) is 0.819. The molecule has 1 aromatic carbocycles. The molecule has 0 bridgehead atoms. The van der Waals surface area contributed by atoms with Crippen LogP contribution in [0.4, 0.5) is 0 Å². The molecule has 2 rings (SSSR count). The Bertz CT molecular complexity index is 336. The second-order valence-electron chi connectivity index (χ2n) is 3.36. The Balaban J connectivity index is 2.46. The van der Waals surface area contributed by atoms with E-state index in [1.165, 1.54) is 5.56 Å². The maximum Gasteiger partial charge on any atom is 0.137 e. The molecule has 0 spiro atoms. The monoisotopic (exact) mass is 242 g/mol. The molecule has 0 aromatic heterocycles. The van der Waals surface area contributed by atoms with E-state index in [2.05, 4.69) is 15.9 Å². The van der Waals surface area contributed by atoms with E-state index in [1.807, 2.05) is 19.1 Å². The topological polar surface area (TPSA) is 29.5 Å². The van der Waals surface area contributed by atoms with Gasteiger partial charge in [0.2, 0.25) is 0 Å². The normalized spacial score (nSPS) is 19.8. The van der Waals surface area contributed by atoms with Gasteiger partial charge in [-0.3, -0.25) is 0 Å². The van der Waals surface area contributed by atoms with Gasteiger partial charge in [-0.15, -0.1) is 0 Å². The van der Waals surface area contributed by atoms with E-state index in [0.29, 0.717) is 0 Å². The second kappa shape index (κ2) is 3.31. The maximum absolute atomic E-state index is 9.00. The first-order chi connectivity index (χ1) is 6.20. The molecule has 0 fully saturated rings. The van der Waals surface area contributed by atoms with E-state index in [4.69, 9.17) is 9.84 Å².